The topological polar surface area (TPSA) is 40.3 Å². The number of hydrogen-bond acceptors (Lipinski definition) is 3. The van der Waals surface area contributed by atoms with Crippen LogP contribution in [0.25, 0.3) is 11.6 Å². The first kappa shape index (κ1) is 18.1. The highest BCUT2D eigenvalue weighted by atomic mass is 32.1. The van der Waals surface area contributed by atoms with Crippen molar-refractivity contribution in [2.45, 2.75) is 26.2 Å². The molecule has 29 heavy (non-hydrogen) atoms. The summed E-state index contributed by atoms with van der Waals surface area (Å²) in [5, 5.41) is 4.86. The Morgan fingerprint density at radius 1 is 0.966 bits per heavy atom. The van der Waals surface area contributed by atoms with Gasteiger partial charge in [0.05, 0.1) is 19.4 Å². The van der Waals surface area contributed by atoms with E-state index in [-0.39, 0.29) is 0 Å². The zero-order chi connectivity index (χ0) is 19.6. The number of furan rings is 1. The van der Waals surface area contributed by atoms with Crippen molar-refractivity contribution >= 4 is 12.2 Å². The standard InChI is InChI=1S/C23H22N4OS/c29-23-26(15-18-7-2-1-3-8-18)22(21-11-6-14-28-21)24-27(23)17-25-13-12-19-9-4-5-10-20(19)16-25/h1-11,14H,12-13,15-17H2/p+1. The molecular formula is C23H23N4OS+. The van der Waals surface area contributed by atoms with Gasteiger partial charge in [-0.15, -0.1) is 5.10 Å². The van der Waals surface area contributed by atoms with Crippen molar-refractivity contribution < 1.29 is 9.32 Å². The van der Waals surface area contributed by atoms with Crippen molar-refractivity contribution in [2.24, 2.45) is 0 Å². The quantitative estimate of drug-likeness (QED) is 0.520. The Bertz CT molecular complexity index is 1160. The first-order valence-electron chi connectivity index (χ1n) is 9.94. The van der Waals surface area contributed by atoms with Crippen molar-refractivity contribution in [1.82, 2.24) is 14.3 Å². The lowest BCUT2D eigenvalue weighted by molar-refractivity contribution is -0.939. The van der Waals surface area contributed by atoms with Crippen molar-refractivity contribution in [2.75, 3.05) is 6.54 Å². The van der Waals surface area contributed by atoms with Gasteiger partial charge in [0.2, 0.25) is 4.77 Å². The molecule has 3 heterocycles. The van der Waals surface area contributed by atoms with Gasteiger partial charge in [-0.05, 0) is 35.5 Å². The Labute approximate surface area is 174 Å². The van der Waals surface area contributed by atoms with E-state index in [0.717, 1.165) is 42.5 Å². The monoisotopic (exact) mass is 403 g/mol. The van der Waals surface area contributed by atoms with Crippen LogP contribution in [-0.4, -0.2) is 20.9 Å². The summed E-state index contributed by atoms with van der Waals surface area (Å²) in [6.07, 6.45) is 2.77. The number of rotatable bonds is 5. The van der Waals surface area contributed by atoms with Gasteiger partial charge in [0, 0.05) is 12.0 Å². The molecule has 0 fully saturated rings. The molecule has 1 aliphatic rings. The van der Waals surface area contributed by atoms with Gasteiger partial charge in [0.15, 0.2) is 18.3 Å². The number of nitrogens with one attached hydrogen (secondary N) is 1. The Hall–Kier alpha value is -2.96. The number of aromatic nitrogens is 3. The van der Waals surface area contributed by atoms with Gasteiger partial charge >= 0.3 is 0 Å². The third kappa shape index (κ3) is 3.69. The molecule has 6 heteroatoms. The lowest BCUT2D eigenvalue weighted by Crippen LogP contribution is -3.11. The molecule has 0 saturated carbocycles. The fraction of sp³-hybridized carbons (Fsp3) is 0.217. The molecule has 146 valence electrons. The number of benzene rings is 2. The predicted molar refractivity (Wildman–Crippen MR) is 114 cm³/mol. The molecule has 2 aromatic heterocycles. The molecule has 1 atom stereocenters. The van der Waals surface area contributed by atoms with Crippen LogP contribution in [0.2, 0.25) is 0 Å². The summed E-state index contributed by atoms with van der Waals surface area (Å²) in [6.45, 7) is 3.51. The molecule has 1 aliphatic heterocycles. The van der Waals surface area contributed by atoms with Crippen molar-refractivity contribution in [3.63, 3.8) is 0 Å². The second-order valence-electron chi connectivity index (χ2n) is 7.51. The van der Waals surface area contributed by atoms with E-state index in [4.69, 9.17) is 21.7 Å². The zero-order valence-electron chi connectivity index (χ0n) is 16.1. The van der Waals surface area contributed by atoms with E-state index in [1.165, 1.54) is 21.6 Å². The Morgan fingerprint density at radius 2 is 1.76 bits per heavy atom. The third-order valence-electron chi connectivity index (χ3n) is 5.53. The average Bonchev–Trinajstić information content (AvgIpc) is 3.39. The third-order valence-corrected chi connectivity index (χ3v) is 5.96. The summed E-state index contributed by atoms with van der Waals surface area (Å²) in [4.78, 5) is 1.47. The lowest BCUT2D eigenvalue weighted by Gasteiger charge is -2.25. The largest absolute Gasteiger partial charge is 0.461 e. The van der Waals surface area contributed by atoms with Crippen LogP contribution in [0.5, 0.6) is 0 Å². The molecule has 0 spiro atoms. The van der Waals surface area contributed by atoms with Gasteiger partial charge < -0.3 is 9.32 Å². The molecule has 4 aromatic rings. The Kier molecular flexibility index (Phi) is 4.87. The molecule has 0 bridgehead atoms. The van der Waals surface area contributed by atoms with E-state index in [2.05, 4.69) is 41.0 Å². The lowest BCUT2D eigenvalue weighted by atomic mass is 10.0. The maximum atomic E-state index is 5.84. The summed E-state index contributed by atoms with van der Waals surface area (Å²) in [5.41, 5.74) is 4.08. The second kappa shape index (κ2) is 7.81. The summed E-state index contributed by atoms with van der Waals surface area (Å²) in [5.74, 6) is 1.52. The minimum Gasteiger partial charge on any atom is -0.461 e. The molecule has 5 nitrogen and oxygen atoms in total. The summed E-state index contributed by atoms with van der Waals surface area (Å²) in [6, 6.07) is 22.9. The number of quaternary nitrogens is 1. The Balaban J connectivity index is 1.46. The van der Waals surface area contributed by atoms with Crippen LogP contribution in [0.3, 0.4) is 0 Å². The zero-order valence-corrected chi connectivity index (χ0v) is 16.9. The van der Waals surface area contributed by atoms with Crippen LogP contribution in [0.4, 0.5) is 0 Å². The minimum atomic E-state index is 0.674. The fourth-order valence-electron chi connectivity index (χ4n) is 4.03. The number of fused-ring (bicyclic) bond motifs is 1. The van der Waals surface area contributed by atoms with E-state index in [0.29, 0.717) is 6.54 Å². The van der Waals surface area contributed by atoms with E-state index >= 15 is 0 Å². The van der Waals surface area contributed by atoms with Gasteiger partial charge in [0.25, 0.3) is 0 Å². The Morgan fingerprint density at radius 3 is 2.55 bits per heavy atom. The summed E-state index contributed by atoms with van der Waals surface area (Å²) >= 11 is 5.84. The second-order valence-corrected chi connectivity index (χ2v) is 7.87. The first-order chi connectivity index (χ1) is 14.3. The van der Waals surface area contributed by atoms with E-state index in [1.807, 2.05) is 35.0 Å². The fourth-order valence-corrected chi connectivity index (χ4v) is 4.29. The predicted octanol–water partition coefficient (Wildman–Crippen LogP) is 3.32. The summed E-state index contributed by atoms with van der Waals surface area (Å²) < 4.78 is 10.4. The van der Waals surface area contributed by atoms with Crippen LogP contribution >= 0.6 is 12.2 Å². The molecule has 0 radical (unpaired) electrons. The normalized spacial score (nSPS) is 15.9. The van der Waals surface area contributed by atoms with Gasteiger partial charge in [-0.3, -0.25) is 4.57 Å². The molecule has 2 aromatic carbocycles. The van der Waals surface area contributed by atoms with Gasteiger partial charge in [-0.1, -0.05) is 54.6 Å². The molecule has 5 rings (SSSR count). The van der Waals surface area contributed by atoms with Crippen LogP contribution < -0.4 is 4.90 Å². The van der Waals surface area contributed by atoms with Gasteiger partial charge in [0.1, 0.15) is 6.54 Å². The van der Waals surface area contributed by atoms with Crippen LogP contribution in [0, 0.1) is 4.77 Å². The molecular weight excluding hydrogens is 380 g/mol. The van der Waals surface area contributed by atoms with Crippen molar-refractivity contribution in [3.05, 3.63) is 94.5 Å². The van der Waals surface area contributed by atoms with Crippen LogP contribution in [-0.2, 0) is 26.2 Å². The number of hydrogen-bond donors (Lipinski definition) is 1. The average molecular weight is 404 g/mol. The SMILES string of the molecule is S=c1n(C[NH+]2CCc3ccccc3C2)nc(-c2ccco2)n1Cc1ccccc1. The molecule has 1 N–H and O–H groups in total. The van der Waals surface area contributed by atoms with E-state index < -0.39 is 0 Å². The highest BCUT2D eigenvalue weighted by Gasteiger charge is 2.22. The minimum absolute atomic E-state index is 0.674. The van der Waals surface area contributed by atoms with Gasteiger partial charge in [-0.25, -0.2) is 0 Å². The number of nitrogens with zero attached hydrogens (tertiary/aromatic N) is 3. The van der Waals surface area contributed by atoms with Gasteiger partial charge in [-0.2, -0.15) is 4.68 Å². The molecule has 0 aliphatic carbocycles. The van der Waals surface area contributed by atoms with E-state index in [1.54, 1.807) is 6.26 Å². The van der Waals surface area contributed by atoms with Crippen LogP contribution in [0.15, 0.2) is 77.4 Å². The highest BCUT2D eigenvalue weighted by molar-refractivity contribution is 7.71. The first-order valence-corrected chi connectivity index (χ1v) is 10.3. The van der Waals surface area contributed by atoms with E-state index in [9.17, 15) is 0 Å². The maximum Gasteiger partial charge on any atom is 0.203 e. The smallest absolute Gasteiger partial charge is 0.203 e. The molecule has 1 unspecified atom stereocenters. The van der Waals surface area contributed by atoms with Crippen molar-refractivity contribution in [1.29, 1.82) is 0 Å². The maximum absolute atomic E-state index is 5.84. The van der Waals surface area contributed by atoms with Crippen molar-refractivity contribution in [3.8, 4) is 11.6 Å². The van der Waals surface area contributed by atoms with Crippen LogP contribution in [0.1, 0.15) is 16.7 Å². The highest BCUT2D eigenvalue weighted by Crippen LogP contribution is 2.20. The molecule has 0 amide bonds. The molecule has 0 saturated heterocycles. The summed E-state index contributed by atoms with van der Waals surface area (Å²) in [7, 11) is 0.